The summed E-state index contributed by atoms with van der Waals surface area (Å²) in [5.41, 5.74) is 3.84. The molecule has 0 aliphatic heterocycles. The van der Waals surface area contributed by atoms with Gasteiger partial charge >= 0.3 is 0 Å². The summed E-state index contributed by atoms with van der Waals surface area (Å²) in [5.74, 6) is -0.525. The van der Waals surface area contributed by atoms with Gasteiger partial charge in [0.1, 0.15) is 6.10 Å². The molecule has 45 heavy (non-hydrogen) atoms. The van der Waals surface area contributed by atoms with E-state index in [-0.39, 0.29) is 54.1 Å². The lowest BCUT2D eigenvalue weighted by Gasteiger charge is -2.17. The van der Waals surface area contributed by atoms with Crippen LogP contribution in [0.3, 0.4) is 0 Å². The molecule has 0 radical (unpaired) electrons. The molecule has 12 heteroatoms. The minimum Gasteiger partial charge on any atom is -0.493 e. The lowest BCUT2D eigenvalue weighted by molar-refractivity contribution is -0.386. The Morgan fingerprint density at radius 2 is 1.60 bits per heavy atom. The molecular weight excluding hydrogens is 580 g/mol. The first-order valence-electron chi connectivity index (χ1n) is 14.2. The fraction of sp³-hybridized carbons (Fsp3) is 0.242. The van der Waals surface area contributed by atoms with Gasteiger partial charge in [0.05, 0.1) is 30.3 Å². The van der Waals surface area contributed by atoms with Crippen molar-refractivity contribution in [3.05, 3.63) is 111 Å². The normalized spacial score (nSPS) is 11.4. The predicted octanol–water partition coefficient (Wildman–Crippen LogP) is 5.01. The van der Waals surface area contributed by atoms with Gasteiger partial charge in [-0.15, -0.1) is 0 Å². The first-order chi connectivity index (χ1) is 21.7. The number of hydroxylamine groups is 1. The van der Waals surface area contributed by atoms with Crippen molar-refractivity contribution in [2.45, 2.75) is 32.4 Å². The smallest absolute Gasteiger partial charge is 0.279 e. The maximum absolute atomic E-state index is 12.7. The Morgan fingerprint density at radius 1 is 0.889 bits per heavy atom. The zero-order valence-electron chi connectivity index (χ0n) is 25.1. The van der Waals surface area contributed by atoms with Gasteiger partial charge in [0.15, 0.2) is 11.5 Å². The quantitative estimate of drug-likeness (QED) is 0.102. The summed E-state index contributed by atoms with van der Waals surface area (Å²) >= 11 is 0. The average Bonchev–Trinajstić information content (AvgIpc) is 3.07. The van der Waals surface area contributed by atoms with Crippen LogP contribution in [0.25, 0.3) is 10.8 Å². The van der Waals surface area contributed by atoms with Crippen LogP contribution in [0.4, 0.5) is 5.69 Å². The van der Waals surface area contributed by atoms with Crippen LogP contribution in [0.5, 0.6) is 11.5 Å². The molecule has 0 heterocycles. The number of nitro benzene ring substituents is 1. The zero-order valence-corrected chi connectivity index (χ0v) is 25.1. The molecule has 4 rings (SSSR count). The molecule has 0 bridgehead atoms. The van der Waals surface area contributed by atoms with Crippen molar-refractivity contribution in [1.82, 2.24) is 16.1 Å². The Bertz CT molecular complexity index is 1690. The molecule has 0 saturated carbocycles. The van der Waals surface area contributed by atoms with Crippen LogP contribution in [0.2, 0.25) is 0 Å². The molecule has 0 spiro atoms. The van der Waals surface area contributed by atoms with Gasteiger partial charge in [-0.25, -0.2) is 5.48 Å². The molecule has 12 nitrogen and oxygen atoms in total. The SMILES string of the molecule is CNC(=O)CCCOc1cc([N+](=O)[O-])c(C(C)ONC(=O)c2ccc(CNC(=O)c3ccc4ccccc4c3)cc2)cc1OC. The van der Waals surface area contributed by atoms with Gasteiger partial charge in [0, 0.05) is 31.1 Å². The Kier molecular flexibility index (Phi) is 11.0. The first-order valence-corrected chi connectivity index (χ1v) is 14.2. The van der Waals surface area contributed by atoms with Crippen molar-refractivity contribution in [2.24, 2.45) is 0 Å². The summed E-state index contributed by atoms with van der Waals surface area (Å²) in [4.78, 5) is 53.6. The number of carbonyl (C=O) groups is 3. The molecular formula is C33H34N4O8. The van der Waals surface area contributed by atoms with E-state index in [2.05, 4.69) is 16.1 Å². The number of rotatable bonds is 14. The van der Waals surface area contributed by atoms with E-state index in [1.54, 1.807) is 37.3 Å². The van der Waals surface area contributed by atoms with Crippen molar-refractivity contribution >= 4 is 34.2 Å². The van der Waals surface area contributed by atoms with E-state index in [1.165, 1.54) is 26.3 Å². The predicted molar refractivity (Wildman–Crippen MR) is 167 cm³/mol. The van der Waals surface area contributed by atoms with Crippen molar-refractivity contribution in [3.8, 4) is 11.5 Å². The van der Waals surface area contributed by atoms with Crippen LogP contribution in [-0.2, 0) is 16.2 Å². The van der Waals surface area contributed by atoms with Crippen LogP contribution in [0, 0.1) is 10.1 Å². The van der Waals surface area contributed by atoms with E-state index in [0.717, 1.165) is 16.3 Å². The number of nitrogens with one attached hydrogen (secondary N) is 3. The van der Waals surface area contributed by atoms with E-state index in [1.807, 2.05) is 36.4 Å². The van der Waals surface area contributed by atoms with Gasteiger partial charge in [-0.3, -0.25) is 29.3 Å². The standard InChI is InChI=1S/C33H34N4O8/c1-21(27-18-29(43-3)30(19-28(27)37(41)42)44-16-6-9-31(38)34-2)45-36-33(40)24-12-10-22(11-13-24)20-35-32(39)26-15-14-23-7-4-5-8-25(23)17-26/h4-5,7-8,10-15,17-19,21H,6,9,16,20H2,1-3H3,(H,34,38)(H,35,39)(H,36,40). The molecule has 1 atom stereocenters. The Hall–Kier alpha value is -5.49. The molecule has 234 valence electrons. The molecule has 3 amide bonds. The molecule has 1 unspecified atom stereocenters. The molecule has 3 N–H and O–H groups in total. The highest BCUT2D eigenvalue weighted by Gasteiger charge is 2.25. The maximum Gasteiger partial charge on any atom is 0.279 e. The molecule has 0 aliphatic rings. The first kappa shape index (κ1) is 32.4. The summed E-state index contributed by atoms with van der Waals surface area (Å²) in [5, 5.41) is 19.3. The number of carbonyl (C=O) groups excluding carboxylic acids is 3. The monoisotopic (exact) mass is 614 g/mol. The third-order valence-electron chi connectivity index (χ3n) is 7.04. The maximum atomic E-state index is 12.7. The number of nitrogens with zero attached hydrogens (tertiary/aromatic N) is 1. The average molecular weight is 615 g/mol. The zero-order chi connectivity index (χ0) is 32.3. The third kappa shape index (κ3) is 8.54. The Labute approximate surface area is 259 Å². The highest BCUT2D eigenvalue weighted by Crippen LogP contribution is 2.38. The molecule has 0 aromatic heterocycles. The van der Waals surface area contributed by atoms with Crippen LogP contribution in [0.1, 0.15) is 57.7 Å². The van der Waals surface area contributed by atoms with E-state index < -0.39 is 16.9 Å². The summed E-state index contributed by atoms with van der Waals surface area (Å²) in [6.07, 6.45) is -0.269. The van der Waals surface area contributed by atoms with Gasteiger partial charge in [-0.05, 0) is 60.0 Å². The molecule has 4 aromatic rings. The van der Waals surface area contributed by atoms with Crippen LogP contribution in [0.15, 0.2) is 78.9 Å². The lowest BCUT2D eigenvalue weighted by atomic mass is 10.1. The number of benzene rings is 4. The second kappa shape index (κ2) is 15.3. The minimum atomic E-state index is -0.921. The summed E-state index contributed by atoms with van der Waals surface area (Å²) < 4.78 is 11.0. The van der Waals surface area contributed by atoms with Gasteiger partial charge in [0.25, 0.3) is 17.5 Å². The van der Waals surface area contributed by atoms with Gasteiger partial charge in [-0.2, -0.15) is 0 Å². The van der Waals surface area contributed by atoms with E-state index in [0.29, 0.717) is 17.5 Å². The number of nitro groups is 1. The number of amides is 3. The minimum absolute atomic E-state index is 0.141. The topological polar surface area (TPSA) is 158 Å². The van der Waals surface area contributed by atoms with Gasteiger partial charge in [0.2, 0.25) is 5.91 Å². The van der Waals surface area contributed by atoms with E-state index in [9.17, 15) is 24.5 Å². The fourth-order valence-electron chi connectivity index (χ4n) is 4.51. The van der Waals surface area contributed by atoms with E-state index >= 15 is 0 Å². The Balaban J connectivity index is 1.33. The van der Waals surface area contributed by atoms with Crippen LogP contribution >= 0.6 is 0 Å². The van der Waals surface area contributed by atoms with Crippen molar-refractivity contribution in [3.63, 3.8) is 0 Å². The lowest BCUT2D eigenvalue weighted by Crippen LogP contribution is -2.26. The van der Waals surface area contributed by atoms with Gasteiger partial charge in [-0.1, -0.05) is 42.5 Å². The fourth-order valence-corrected chi connectivity index (χ4v) is 4.51. The Morgan fingerprint density at radius 3 is 2.29 bits per heavy atom. The largest absolute Gasteiger partial charge is 0.493 e. The third-order valence-corrected chi connectivity index (χ3v) is 7.04. The van der Waals surface area contributed by atoms with Crippen molar-refractivity contribution in [2.75, 3.05) is 20.8 Å². The highest BCUT2D eigenvalue weighted by molar-refractivity contribution is 5.98. The molecule has 0 fully saturated rings. The van der Waals surface area contributed by atoms with Crippen LogP contribution < -0.4 is 25.6 Å². The highest BCUT2D eigenvalue weighted by atomic mass is 16.7. The number of methoxy groups -OCH3 is 1. The molecule has 0 saturated heterocycles. The summed E-state index contributed by atoms with van der Waals surface area (Å²) in [6.45, 7) is 1.96. The second-order valence-electron chi connectivity index (χ2n) is 10.1. The summed E-state index contributed by atoms with van der Waals surface area (Å²) in [6, 6.07) is 22.5. The van der Waals surface area contributed by atoms with Gasteiger partial charge < -0.3 is 20.1 Å². The van der Waals surface area contributed by atoms with Crippen molar-refractivity contribution in [1.29, 1.82) is 0 Å². The number of fused-ring (bicyclic) bond motifs is 1. The molecule has 0 aliphatic carbocycles. The number of ether oxygens (including phenoxy) is 2. The van der Waals surface area contributed by atoms with Crippen molar-refractivity contribution < 1.29 is 33.6 Å². The summed E-state index contributed by atoms with van der Waals surface area (Å²) in [7, 11) is 2.93. The molecule has 4 aromatic carbocycles. The second-order valence-corrected chi connectivity index (χ2v) is 10.1. The van der Waals surface area contributed by atoms with E-state index in [4.69, 9.17) is 14.3 Å². The van der Waals surface area contributed by atoms with Crippen LogP contribution in [-0.4, -0.2) is 43.4 Å². The number of hydrogen-bond acceptors (Lipinski definition) is 8. The number of hydrogen-bond donors (Lipinski definition) is 3.